The summed E-state index contributed by atoms with van der Waals surface area (Å²) in [6.45, 7) is 4.43. The standard InChI is InChI=1S/C17H30N2O5/c1-12(2)11-13(20)9-10-19-14(16(23)18-17(19)24)7-5-3-4-6-8-15(21)22/h12-14,20H,3-11H2,1-2H3,(H,21,22)(H,18,23,24). The first-order valence-electron chi connectivity index (χ1n) is 8.82. The van der Waals surface area contributed by atoms with E-state index in [2.05, 4.69) is 5.32 Å². The molecule has 0 aliphatic carbocycles. The number of hydrogen-bond donors (Lipinski definition) is 3. The van der Waals surface area contributed by atoms with Gasteiger partial charge in [-0.1, -0.05) is 33.1 Å². The SMILES string of the molecule is CC(C)CC(O)CCN1C(=O)NC(=O)C1CCCCCCC(=O)O. The van der Waals surface area contributed by atoms with Crippen molar-refractivity contribution >= 4 is 17.9 Å². The number of carbonyl (C=O) groups is 3. The summed E-state index contributed by atoms with van der Waals surface area (Å²) < 4.78 is 0. The Kier molecular flexibility index (Phi) is 8.74. The van der Waals surface area contributed by atoms with E-state index in [-0.39, 0.29) is 18.4 Å². The van der Waals surface area contributed by atoms with Gasteiger partial charge in [-0.05, 0) is 31.6 Å². The van der Waals surface area contributed by atoms with Crippen LogP contribution in [-0.2, 0) is 9.59 Å². The molecule has 0 aromatic heterocycles. The molecule has 1 rings (SSSR count). The van der Waals surface area contributed by atoms with Crippen LogP contribution in [0.5, 0.6) is 0 Å². The molecule has 0 aromatic rings. The number of carboxylic acids is 1. The van der Waals surface area contributed by atoms with E-state index in [4.69, 9.17) is 5.11 Å². The lowest BCUT2D eigenvalue weighted by Gasteiger charge is -2.23. The fourth-order valence-electron chi connectivity index (χ4n) is 3.01. The summed E-state index contributed by atoms with van der Waals surface area (Å²) in [4.78, 5) is 35.8. The molecule has 0 spiro atoms. The summed E-state index contributed by atoms with van der Waals surface area (Å²) in [5.41, 5.74) is 0. The highest BCUT2D eigenvalue weighted by Crippen LogP contribution is 2.18. The van der Waals surface area contributed by atoms with Crippen molar-refractivity contribution in [2.45, 2.75) is 77.4 Å². The Bertz CT molecular complexity index is 439. The predicted octanol–water partition coefficient (Wildman–Crippen LogP) is 2.13. The molecule has 2 atom stereocenters. The number of nitrogens with one attached hydrogen (secondary N) is 1. The van der Waals surface area contributed by atoms with Gasteiger partial charge in [-0.2, -0.15) is 0 Å². The average molecular weight is 342 g/mol. The zero-order chi connectivity index (χ0) is 18.1. The Labute approximate surface area is 143 Å². The van der Waals surface area contributed by atoms with E-state index in [1.54, 1.807) is 0 Å². The summed E-state index contributed by atoms with van der Waals surface area (Å²) >= 11 is 0. The van der Waals surface area contributed by atoms with Gasteiger partial charge >= 0.3 is 12.0 Å². The highest BCUT2D eigenvalue weighted by Gasteiger charge is 2.37. The predicted molar refractivity (Wildman–Crippen MR) is 89.4 cm³/mol. The van der Waals surface area contributed by atoms with E-state index in [1.807, 2.05) is 13.8 Å². The number of urea groups is 1. The van der Waals surface area contributed by atoms with Crippen molar-refractivity contribution in [2.24, 2.45) is 5.92 Å². The van der Waals surface area contributed by atoms with Gasteiger partial charge in [-0.15, -0.1) is 0 Å². The summed E-state index contributed by atoms with van der Waals surface area (Å²) in [6.07, 6.45) is 4.48. The maximum atomic E-state index is 11.9. The first kappa shape index (κ1) is 20.4. The Hall–Kier alpha value is -1.63. The molecular weight excluding hydrogens is 312 g/mol. The lowest BCUT2D eigenvalue weighted by Crippen LogP contribution is -2.37. The van der Waals surface area contributed by atoms with Gasteiger partial charge in [0, 0.05) is 13.0 Å². The fourth-order valence-corrected chi connectivity index (χ4v) is 3.01. The van der Waals surface area contributed by atoms with Gasteiger partial charge in [0.1, 0.15) is 6.04 Å². The van der Waals surface area contributed by atoms with Gasteiger partial charge in [-0.3, -0.25) is 14.9 Å². The number of carbonyl (C=O) groups excluding carboxylic acids is 2. The van der Waals surface area contributed by atoms with Crippen LogP contribution in [0.25, 0.3) is 0 Å². The van der Waals surface area contributed by atoms with Crippen molar-refractivity contribution in [2.75, 3.05) is 6.54 Å². The largest absolute Gasteiger partial charge is 0.481 e. The molecule has 1 heterocycles. The summed E-state index contributed by atoms with van der Waals surface area (Å²) in [5.74, 6) is -0.679. The number of aliphatic hydroxyl groups excluding tert-OH is 1. The van der Waals surface area contributed by atoms with Gasteiger partial charge in [-0.25, -0.2) is 4.79 Å². The minimum atomic E-state index is -0.790. The van der Waals surface area contributed by atoms with Crippen molar-refractivity contribution < 1.29 is 24.6 Å². The molecule has 3 N–H and O–H groups in total. The third-order valence-electron chi connectivity index (χ3n) is 4.23. The Balaban J connectivity index is 2.35. The highest BCUT2D eigenvalue weighted by molar-refractivity contribution is 6.04. The number of nitrogens with zero attached hydrogens (tertiary/aromatic N) is 1. The van der Waals surface area contributed by atoms with Gasteiger partial charge in [0.15, 0.2) is 0 Å². The zero-order valence-corrected chi connectivity index (χ0v) is 14.7. The second-order valence-corrected chi connectivity index (χ2v) is 6.92. The highest BCUT2D eigenvalue weighted by atomic mass is 16.4. The molecule has 1 aliphatic heterocycles. The van der Waals surface area contributed by atoms with E-state index < -0.39 is 18.1 Å². The molecule has 1 saturated heterocycles. The molecule has 0 saturated carbocycles. The van der Waals surface area contributed by atoms with Gasteiger partial charge in [0.25, 0.3) is 5.91 Å². The number of rotatable bonds is 12. The van der Waals surface area contributed by atoms with E-state index in [1.165, 1.54) is 4.90 Å². The number of hydrogen-bond acceptors (Lipinski definition) is 4. The van der Waals surface area contributed by atoms with E-state index in [0.717, 1.165) is 19.3 Å². The number of unbranched alkanes of at least 4 members (excludes halogenated alkanes) is 3. The molecule has 138 valence electrons. The van der Waals surface area contributed by atoms with E-state index in [0.29, 0.717) is 38.1 Å². The van der Waals surface area contributed by atoms with Crippen molar-refractivity contribution in [1.82, 2.24) is 10.2 Å². The number of aliphatic carboxylic acids is 1. The molecule has 7 nitrogen and oxygen atoms in total. The van der Waals surface area contributed by atoms with Crippen molar-refractivity contribution in [3.05, 3.63) is 0 Å². The third-order valence-corrected chi connectivity index (χ3v) is 4.23. The monoisotopic (exact) mass is 342 g/mol. The average Bonchev–Trinajstić information content (AvgIpc) is 2.73. The summed E-state index contributed by atoms with van der Waals surface area (Å²) in [7, 11) is 0. The smallest absolute Gasteiger partial charge is 0.324 e. The van der Waals surface area contributed by atoms with Crippen molar-refractivity contribution in [1.29, 1.82) is 0 Å². The normalized spacial score (nSPS) is 19.0. The van der Waals surface area contributed by atoms with E-state index in [9.17, 15) is 19.5 Å². The first-order valence-corrected chi connectivity index (χ1v) is 8.82. The minimum absolute atomic E-state index is 0.169. The Morgan fingerprint density at radius 1 is 1.21 bits per heavy atom. The van der Waals surface area contributed by atoms with Gasteiger partial charge in [0.2, 0.25) is 0 Å². The van der Waals surface area contributed by atoms with Gasteiger partial charge in [0.05, 0.1) is 6.10 Å². The van der Waals surface area contributed by atoms with Crippen molar-refractivity contribution in [3.8, 4) is 0 Å². The van der Waals surface area contributed by atoms with Crippen LogP contribution in [-0.4, -0.2) is 51.7 Å². The van der Waals surface area contributed by atoms with Crippen LogP contribution in [0, 0.1) is 5.92 Å². The minimum Gasteiger partial charge on any atom is -0.481 e. The van der Waals surface area contributed by atoms with Crippen LogP contribution < -0.4 is 5.32 Å². The van der Waals surface area contributed by atoms with Crippen LogP contribution >= 0.6 is 0 Å². The Morgan fingerprint density at radius 2 is 1.88 bits per heavy atom. The number of carboxylic acid groups (broad SMARTS) is 1. The molecule has 0 aromatic carbocycles. The maximum Gasteiger partial charge on any atom is 0.324 e. The summed E-state index contributed by atoms with van der Waals surface area (Å²) in [5, 5.41) is 20.9. The lowest BCUT2D eigenvalue weighted by atomic mass is 10.0. The van der Waals surface area contributed by atoms with Crippen LogP contribution in [0.4, 0.5) is 4.79 Å². The van der Waals surface area contributed by atoms with Crippen molar-refractivity contribution in [3.63, 3.8) is 0 Å². The molecule has 7 heteroatoms. The number of imide groups is 1. The van der Waals surface area contributed by atoms with Crippen LogP contribution in [0.3, 0.4) is 0 Å². The topological polar surface area (TPSA) is 107 Å². The van der Waals surface area contributed by atoms with Crippen LogP contribution in [0.2, 0.25) is 0 Å². The van der Waals surface area contributed by atoms with E-state index >= 15 is 0 Å². The second kappa shape index (κ2) is 10.3. The zero-order valence-electron chi connectivity index (χ0n) is 14.7. The third kappa shape index (κ3) is 7.29. The first-order chi connectivity index (χ1) is 11.3. The van der Waals surface area contributed by atoms with Crippen LogP contribution in [0.15, 0.2) is 0 Å². The summed E-state index contributed by atoms with van der Waals surface area (Å²) in [6, 6.07) is -0.851. The van der Waals surface area contributed by atoms with Crippen LogP contribution in [0.1, 0.15) is 65.2 Å². The number of amides is 3. The molecule has 0 bridgehead atoms. The molecule has 1 fully saturated rings. The second-order valence-electron chi connectivity index (χ2n) is 6.92. The Morgan fingerprint density at radius 3 is 2.50 bits per heavy atom. The van der Waals surface area contributed by atoms with Gasteiger partial charge < -0.3 is 15.1 Å². The molecule has 0 radical (unpaired) electrons. The quantitative estimate of drug-likeness (QED) is 0.372. The lowest BCUT2D eigenvalue weighted by molar-refractivity contribution is -0.137. The number of aliphatic hydroxyl groups is 1. The maximum absolute atomic E-state index is 11.9. The molecule has 2 unspecified atom stereocenters. The molecule has 24 heavy (non-hydrogen) atoms. The molecule has 1 aliphatic rings. The molecule has 3 amide bonds. The fraction of sp³-hybridized carbons (Fsp3) is 0.824. The molecular formula is C17H30N2O5.